The smallest absolute Gasteiger partial charge is 0.218 e. The number of aromatic nitrogens is 3. The molecule has 52 heavy (non-hydrogen) atoms. The van der Waals surface area contributed by atoms with Crippen molar-refractivity contribution < 1.29 is 9.13 Å². The summed E-state index contributed by atoms with van der Waals surface area (Å²) in [4.78, 5) is 0. The second-order valence-corrected chi connectivity index (χ2v) is 16.1. The average Bonchev–Trinajstić information content (AvgIpc) is 3.83. The van der Waals surface area contributed by atoms with E-state index in [0.717, 1.165) is 25.0 Å². The van der Waals surface area contributed by atoms with E-state index in [4.69, 9.17) is 6.58 Å². The lowest BCUT2D eigenvalue weighted by Gasteiger charge is -2.31. The lowest BCUT2D eigenvalue weighted by atomic mass is 9.77. The molecule has 5 aromatic carbocycles. The summed E-state index contributed by atoms with van der Waals surface area (Å²) in [5.41, 5.74) is 14.4. The van der Waals surface area contributed by atoms with Crippen molar-refractivity contribution in [2.24, 2.45) is 0 Å². The topological polar surface area (TPSA) is 12.2 Å². The molecule has 0 spiro atoms. The summed E-state index contributed by atoms with van der Waals surface area (Å²) in [6.07, 6.45) is 7.51. The van der Waals surface area contributed by atoms with E-state index in [9.17, 15) is 0 Å². The van der Waals surface area contributed by atoms with Crippen LogP contribution in [0.25, 0.3) is 86.5 Å². The SMILES string of the molecule is C=C1CC2C(CCc3cc4c(cc3-c3ccc(C)c[n+]31)c1c3c(cc5c6ccccc6n4c51)sc1ccccc13)c1ccccc1-c1cccc[n+]12. The van der Waals surface area contributed by atoms with Gasteiger partial charge in [0.05, 0.1) is 28.5 Å². The Bertz CT molecular complexity index is 3160. The number of fused-ring (bicyclic) bond motifs is 19. The first-order chi connectivity index (χ1) is 25.6. The number of benzene rings is 5. The predicted octanol–water partition coefficient (Wildman–Crippen LogP) is 11.6. The van der Waals surface area contributed by atoms with Gasteiger partial charge in [-0.2, -0.15) is 9.13 Å². The number of nitrogens with zero attached hydrogens (tertiary/aromatic N) is 3. The average molecular weight is 686 g/mol. The fourth-order valence-electron chi connectivity index (χ4n) is 10.1. The molecule has 246 valence electrons. The van der Waals surface area contributed by atoms with Gasteiger partial charge in [-0.25, -0.2) is 0 Å². The van der Waals surface area contributed by atoms with Crippen LogP contribution in [0.4, 0.5) is 0 Å². The van der Waals surface area contributed by atoms with Crippen molar-refractivity contribution in [1.82, 2.24) is 4.40 Å². The quantitative estimate of drug-likeness (QED) is 0.141. The molecule has 12 rings (SSSR count). The number of hydrogen-bond acceptors (Lipinski definition) is 1. The van der Waals surface area contributed by atoms with Gasteiger partial charge in [-0.05, 0) is 86.0 Å². The zero-order valence-electron chi connectivity index (χ0n) is 28.9. The van der Waals surface area contributed by atoms with Gasteiger partial charge in [0.2, 0.25) is 11.4 Å². The van der Waals surface area contributed by atoms with Crippen molar-refractivity contribution in [2.75, 3.05) is 0 Å². The fourth-order valence-corrected chi connectivity index (χ4v) is 11.2. The zero-order chi connectivity index (χ0) is 34.2. The van der Waals surface area contributed by atoms with Crippen molar-refractivity contribution in [1.29, 1.82) is 0 Å². The third kappa shape index (κ3) is 3.75. The second-order valence-electron chi connectivity index (χ2n) is 15.0. The highest BCUT2D eigenvalue weighted by Crippen LogP contribution is 2.49. The zero-order valence-corrected chi connectivity index (χ0v) is 29.8. The molecule has 0 radical (unpaired) electrons. The van der Waals surface area contributed by atoms with Gasteiger partial charge in [-0.1, -0.05) is 54.6 Å². The van der Waals surface area contributed by atoms with Crippen LogP contribution in [0.15, 0.2) is 140 Å². The van der Waals surface area contributed by atoms with Crippen molar-refractivity contribution in [2.45, 2.75) is 38.1 Å². The van der Waals surface area contributed by atoms with Crippen molar-refractivity contribution in [3.8, 4) is 22.5 Å². The van der Waals surface area contributed by atoms with Gasteiger partial charge < -0.3 is 4.40 Å². The summed E-state index contributed by atoms with van der Waals surface area (Å²) in [5.74, 6) is 0.356. The first-order valence-corrected chi connectivity index (χ1v) is 19.3. The largest absolute Gasteiger partial charge is 0.308 e. The number of aryl methyl sites for hydroxylation is 2. The van der Waals surface area contributed by atoms with Crippen LogP contribution in [0.1, 0.15) is 41.5 Å². The van der Waals surface area contributed by atoms with E-state index in [1.807, 2.05) is 11.3 Å². The first kappa shape index (κ1) is 28.8. The Kier molecular flexibility index (Phi) is 5.75. The third-order valence-corrected chi connectivity index (χ3v) is 13.4. The first-order valence-electron chi connectivity index (χ1n) is 18.5. The Balaban J connectivity index is 1.19. The molecule has 0 aliphatic carbocycles. The van der Waals surface area contributed by atoms with Crippen molar-refractivity contribution in [3.63, 3.8) is 0 Å². The van der Waals surface area contributed by atoms with E-state index in [0.29, 0.717) is 5.92 Å². The van der Waals surface area contributed by atoms with Crippen LogP contribution >= 0.6 is 11.3 Å². The van der Waals surface area contributed by atoms with E-state index in [1.165, 1.54) is 97.5 Å². The molecule has 3 nitrogen and oxygen atoms in total. The van der Waals surface area contributed by atoms with Gasteiger partial charge in [0.25, 0.3) is 0 Å². The fraction of sp³-hybridized carbons (Fsp3) is 0.125. The van der Waals surface area contributed by atoms with Gasteiger partial charge in [0.1, 0.15) is 0 Å². The molecule has 2 aliphatic heterocycles. The van der Waals surface area contributed by atoms with Gasteiger partial charge in [0, 0.05) is 77.0 Å². The van der Waals surface area contributed by atoms with E-state index < -0.39 is 0 Å². The minimum absolute atomic E-state index is 0.271. The molecule has 0 fully saturated rings. The Labute approximate surface area is 305 Å². The van der Waals surface area contributed by atoms with Crippen LogP contribution in [0, 0.1) is 6.92 Å². The summed E-state index contributed by atoms with van der Waals surface area (Å²) in [7, 11) is 0. The molecule has 2 atom stereocenters. The summed E-state index contributed by atoms with van der Waals surface area (Å²) in [6, 6.07) is 46.1. The maximum Gasteiger partial charge on any atom is 0.218 e. The Morgan fingerprint density at radius 3 is 2.46 bits per heavy atom. The van der Waals surface area contributed by atoms with Crippen LogP contribution in [0.5, 0.6) is 0 Å². The standard InChI is InChI=1S/C48H35N3S/c1-28-18-21-40-36-25-38-43(51-41-16-7-5-13-33(41)37-26-45-46(47(38)48(37)51)35-14-6-8-17-44(35)52-45)24-30(36)19-20-34-31-11-3-4-12-32(31)39-15-9-10-22-49(39)42(34)23-29(2)50(40)27-28/h3-18,21-22,24-27,34,42H,2,19-20,23H2,1H3/q+2. The predicted molar refractivity (Wildman–Crippen MR) is 216 cm³/mol. The van der Waals surface area contributed by atoms with E-state index in [-0.39, 0.29) is 6.04 Å². The highest BCUT2D eigenvalue weighted by molar-refractivity contribution is 7.26. The molecule has 0 N–H and O–H groups in total. The highest BCUT2D eigenvalue weighted by Gasteiger charge is 2.42. The van der Waals surface area contributed by atoms with E-state index in [1.54, 1.807) is 0 Å². The molecule has 0 amide bonds. The number of allylic oxidation sites excluding steroid dienone is 1. The van der Waals surface area contributed by atoms with E-state index >= 15 is 0 Å². The number of para-hydroxylation sites is 1. The van der Waals surface area contributed by atoms with Crippen LogP contribution in [0.2, 0.25) is 0 Å². The molecular weight excluding hydrogens is 651 g/mol. The molecule has 10 aromatic rings. The Morgan fingerprint density at radius 2 is 1.52 bits per heavy atom. The van der Waals surface area contributed by atoms with Gasteiger partial charge in [0.15, 0.2) is 24.1 Å². The van der Waals surface area contributed by atoms with E-state index in [2.05, 4.69) is 154 Å². The molecule has 7 heterocycles. The minimum Gasteiger partial charge on any atom is -0.308 e. The van der Waals surface area contributed by atoms with Gasteiger partial charge in [-0.3, -0.25) is 0 Å². The normalized spacial score (nSPS) is 17.1. The molecule has 0 saturated carbocycles. The number of pyridine rings is 2. The number of hydrogen-bond donors (Lipinski definition) is 0. The van der Waals surface area contributed by atoms with Gasteiger partial charge >= 0.3 is 0 Å². The molecule has 2 aliphatic rings. The summed E-state index contributed by atoms with van der Waals surface area (Å²) < 4.78 is 10.2. The number of thiophene rings is 1. The maximum absolute atomic E-state index is 4.84. The molecule has 5 aromatic heterocycles. The summed E-state index contributed by atoms with van der Waals surface area (Å²) in [5, 5.41) is 8.12. The summed E-state index contributed by atoms with van der Waals surface area (Å²) >= 11 is 1.92. The molecule has 4 heteroatoms. The second kappa shape index (κ2) is 10.4. The highest BCUT2D eigenvalue weighted by atomic mass is 32.1. The van der Waals surface area contributed by atoms with Crippen LogP contribution < -0.4 is 9.13 Å². The van der Waals surface area contributed by atoms with Crippen molar-refractivity contribution >= 4 is 75.3 Å². The van der Waals surface area contributed by atoms with Crippen LogP contribution in [0.3, 0.4) is 0 Å². The molecule has 0 saturated heterocycles. The molecule has 2 unspecified atom stereocenters. The maximum atomic E-state index is 4.84. The minimum atomic E-state index is 0.271. The van der Waals surface area contributed by atoms with Gasteiger partial charge in [-0.15, -0.1) is 11.3 Å². The van der Waals surface area contributed by atoms with Crippen LogP contribution in [-0.4, -0.2) is 4.40 Å². The lowest BCUT2D eigenvalue weighted by Crippen LogP contribution is -2.49. The monoisotopic (exact) mass is 685 g/mol. The molecular formula is C48H35N3S+2. The Morgan fingerprint density at radius 1 is 0.692 bits per heavy atom. The van der Waals surface area contributed by atoms with Crippen LogP contribution in [-0.2, 0) is 6.42 Å². The van der Waals surface area contributed by atoms with Crippen molar-refractivity contribution in [3.05, 3.63) is 157 Å². The molecule has 0 bridgehead atoms. The lowest BCUT2D eigenvalue weighted by molar-refractivity contribution is -0.720. The number of rotatable bonds is 0. The third-order valence-electron chi connectivity index (χ3n) is 12.3. The Hall–Kier alpha value is -5.84. The summed E-state index contributed by atoms with van der Waals surface area (Å²) in [6.45, 7) is 7.04.